The molecule has 0 saturated carbocycles. The van der Waals surface area contributed by atoms with Crippen LogP contribution in [0.1, 0.15) is 13.3 Å². The fraction of sp³-hybridized carbons (Fsp3) is 0.455. The topological polar surface area (TPSA) is 63.4 Å². The third kappa shape index (κ3) is 3.49. The predicted molar refractivity (Wildman–Crippen MR) is 64.5 cm³/mol. The van der Waals surface area contributed by atoms with Gasteiger partial charge in [0.1, 0.15) is 10.7 Å². The van der Waals surface area contributed by atoms with E-state index in [0.29, 0.717) is 6.42 Å². The van der Waals surface area contributed by atoms with E-state index < -0.39 is 15.8 Å². The summed E-state index contributed by atoms with van der Waals surface area (Å²) in [5.74, 6) is -0.736. The van der Waals surface area contributed by atoms with Crippen LogP contribution in [0.5, 0.6) is 0 Å². The first-order valence-electron chi connectivity index (χ1n) is 5.32. The van der Waals surface area contributed by atoms with Crippen molar-refractivity contribution in [3.63, 3.8) is 0 Å². The van der Waals surface area contributed by atoms with Crippen molar-refractivity contribution >= 4 is 10.0 Å². The maximum absolute atomic E-state index is 13.4. The number of rotatable bonds is 5. The summed E-state index contributed by atoms with van der Waals surface area (Å²) in [5.41, 5.74) is 5.56. The lowest BCUT2D eigenvalue weighted by molar-refractivity contribution is 0.442. The molecular weight excluding hydrogens is 243 g/mol. The van der Waals surface area contributed by atoms with Crippen LogP contribution in [0.15, 0.2) is 29.2 Å². The van der Waals surface area contributed by atoms with Crippen molar-refractivity contribution in [1.82, 2.24) is 4.31 Å². The summed E-state index contributed by atoms with van der Waals surface area (Å²) in [6.45, 7) is 2.07. The molecule has 0 aromatic heterocycles. The van der Waals surface area contributed by atoms with Crippen molar-refractivity contribution in [1.29, 1.82) is 0 Å². The molecule has 0 saturated heterocycles. The van der Waals surface area contributed by atoms with E-state index in [4.69, 9.17) is 5.73 Å². The molecule has 0 fully saturated rings. The quantitative estimate of drug-likeness (QED) is 0.864. The number of halogens is 1. The highest BCUT2D eigenvalue weighted by molar-refractivity contribution is 7.89. The second kappa shape index (κ2) is 5.57. The van der Waals surface area contributed by atoms with Gasteiger partial charge in [-0.3, -0.25) is 0 Å². The van der Waals surface area contributed by atoms with Crippen molar-refractivity contribution in [2.75, 3.05) is 13.6 Å². The van der Waals surface area contributed by atoms with Crippen molar-refractivity contribution in [2.45, 2.75) is 24.3 Å². The third-order valence-corrected chi connectivity index (χ3v) is 4.31. The van der Waals surface area contributed by atoms with E-state index in [1.807, 2.05) is 0 Å². The van der Waals surface area contributed by atoms with Crippen LogP contribution in [0, 0.1) is 5.82 Å². The van der Waals surface area contributed by atoms with Crippen LogP contribution in [0.4, 0.5) is 4.39 Å². The maximum Gasteiger partial charge on any atom is 0.245 e. The van der Waals surface area contributed by atoms with Crippen molar-refractivity contribution in [2.24, 2.45) is 5.73 Å². The Morgan fingerprint density at radius 1 is 1.41 bits per heavy atom. The number of hydrogen-bond donors (Lipinski definition) is 1. The van der Waals surface area contributed by atoms with E-state index >= 15 is 0 Å². The lowest BCUT2D eigenvalue weighted by Crippen LogP contribution is -2.31. The second-order valence-electron chi connectivity index (χ2n) is 4.02. The number of hydrogen-bond acceptors (Lipinski definition) is 3. The summed E-state index contributed by atoms with van der Waals surface area (Å²) in [5, 5.41) is 0. The van der Waals surface area contributed by atoms with Crippen LogP contribution in [-0.4, -0.2) is 32.4 Å². The average Bonchev–Trinajstić information content (AvgIpc) is 2.26. The van der Waals surface area contributed by atoms with Gasteiger partial charge in [-0.15, -0.1) is 0 Å². The fourth-order valence-electron chi connectivity index (χ4n) is 1.33. The monoisotopic (exact) mass is 260 g/mol. The van der Waals surface area contributed by atoms with Crippen LogP contribution in [0.25, 0.3) is 0 Å². The van der Waals surface area contributed by atoms with Gasteiger partial charge in [-0.1, -0.05) is 12.1 Å². The van der Waals surface area contributed by atoms with Gasteiger partial charge in [0, 0.05) is 19.6 Å². The predicted octanol–water partition coefficient (Wildman–Crippen LogP) is 1.18. The molecule has 0 heterocycles. The van der Waals surface area contributed by atoms with Crippen molar-refractivity contribution < 1.29 is 12.8 Å². The summed E-state index contributed by atoms with van der Waals surface area (Å²) in [6.07, 6.45) is 0.532. The molecule has 0 aliphatic carbocycles. The largest absolute Gasteiger partial charge is 0.328 e. The van der Waals surface area contributed by atoms with Gasteiger partial charge in [-0.05, 0) is 25.5 Å². The molecule has 0 radical (unpaired) electrons. The molecule has 17 heavy (non-hydrogen) atoms. The van der Waals surface area contributed by atoms with Gasteiger partial charge < -0.3 is 5.73 Å². The average molecular weight is 260 g/mol. The first-order chi connectivity index (χ1) is 7.85. The van der Waals surface area contributed by atoms with Crippen LogP contribution in [-0.2, 0) is 10.0 Å². The lowest BCUT2D eigenvalue weighted by Gasteiger charge is -2.18. The molecule has 0 aliphatic rings. The molecular formula is C11H17FN2O2S. The maximum atomic E-state index is 13.4. The van der Waals surface area contributed by atoms with Crippen molar-refractivity contribution in [3.05, 3.63) is 30.1 Å². The number of nitrogens with two attached hydrogens (primary N) is 1. The molecule has 1 aromatic rings. The van der Waals surface area contributed by atoms with E-state index in [0.717, 1.165) is 10.4 Å². The van der Waals surface area contributed by atoms with Crippen molar-refractivity contribution in [3.8, 4) is 0 Å². The highest BCUT2D eigenvalue weighted by Crippen LogP contribution is 2.17. The Morgan fingerprint density at radius 2 is 2.00 bits per heavy atom. The normalized spacial score (nSPS) is 13.9. The molecule has 2 N–H and O–H groups in total. The van der Waals surface area contributed by atoms with Gasteiger partial charge in [-0.2, -0.15) is 0 Å². The summed E-state index contributed by atoms with van der Waals surface area (Å²) >= 11 is 0. The van der Waals surface area contributed by atoms with E-state index in [-0.39, 0.29) is 17.5 Å². The molecule has 1 aromatic carbocycles. The lowest BCUT2D eigenvalue weighted by atomic mass is 10.2. The standard InChI is InChI=1S/C11H17FN2O2S/c1-9(13)7-8-14(2)17(15,16)11-6-4-3-5-10(11)12/h3-6,9H,7-8,13H2,1-2H3. The van der Waals surface area contributed by atoms with Crippen LogP contribution >= 0.6 is 0 Å². The van der Waals surface area contributed by atoms with Gasteiger partial charge in [0.2, 0.25) is 10.0 Å². The van der Waals surface area contributed by atoms with E-state index in [2.05, 4.69) is 0 Å². The molecule has 6 heteroatoms. The summed E-state index contributed by atoms with van der Waals surface area (Å²) < 4.78 is 38.6. The fourth-order valence-corrected chi connectivity index (χ4v) is 2.57. The SMILES string of the molecule is CC(N)CCN(C)S(=O)(=O)c1ccccc1F. The van der Waals surface area contributed by atoms with E-state index in [1.54, 1.807) is 6.92 Å². The first kappa shape index (κ1) is 14.1. The molecule has 0 bridgehead atoms. The molecule has 96 valence electrons. The minimum Gasteiger partial charge on any atom is -0.328 e. The van der Waals surface area contributed by atoms with E-state index in [9.17, 15) is 12.8 Å². The number of sulfonamides is 1. The molecule has 0 aliphatic heterocycles. The Kier molecular flexibility index (Phi) is 4.62. The Labute approximate surface area is 101 Å². The smallest absolute Gasteiger partial charge is 0.245 e. The van der Waals surface area contributed by atoms with Gasteiger partial charge in [0.05, 0.1) is 0 Å². The van der Waals surface area contributed by atoms with Gasteiger partial charge in [0.25, 0.3) is 0 Å². The third-order valence-electron chi connectivity index (χ3n) is 2.42. The number of nitrogens with zero attached hydrogens (tertiary/aromatic N) is 1. The zero-order valence-corrected chi connectivity index (χ0v) is 10.7. The summed E-state index contributed by atoms with van der Waals surface area (Å²) in [4.78, 5) is -0.299. The van der Waals surface area contributed by atoms with Gasteiger partial charge in [-0.25, -0.2) is 17.1 Å². The molecule has 0 spiro atoms. The molecule has 1 rings (SSSR count). The van der Waals surface area contributed by atoms with Gasteiger partial charge >= 0.3 is 0 Å². The number of benzene rings is 1. The minimum absolute atomic E-state index is 0.0896. The zero-order valence-electron chi connectivity index (χ0n) is 9.93. The first-order valence-corrected chi connectivity index (χ1v) is 6.76. The Morgan fingerprint density at radius 3 is 2.53 bits per heavy atom. The molecule has 1 atom stereocenters. The highest BCUT2D eigenvalue weighted by atomic mass is 32.2. The Hall–Kier alpha value is -0.980. The summed E-state index contributed by atoms with van der Waals surface area (Å²) in [7, 11) is -2.34. The molecule has 0 amide bonds. The van der Waals surface area contributed by atoms with Crippen LogP contribution < -0.4 is 5.73 Å². The zero-order chi connectivity index (χ0) is 13.1. The van der Waals surface area contributed by atoms with Crippen LogP contribution in [0.3, 0.4) is 0 Å². The molecule has 1 unspecified atom stereocenters. The van der Waals surface area contributed by atoms with Gasteiger partial charge in [0.15, 0.2) is 0 Å². The Balaban J connectivity index is 2.92. The van der Waals surface area contributed by atoms with E-state index in [1.165, 1.54) is 25.2 Å². The Bertz CT molecular complexity index is 474. The minimum atomic E-state index is -3.76. The van der Waals surface area contributed by atoms with Crippen LogP contribution in [0.2, 0.25) is 0 Å². The second-order valence-corrected chi connectivity index (χ2v) is 6.04. The molecule has 4 nitrogen and oxygen atoms in total. The summed E-state index contributed by atoms with van der Waals surface area (Å²) in [6, 6.07) is 5.25. The highest BCUT2D eigenvalue weighted by Gasteiger charge is 2.23.